The van der Waals surface area contributed by atoms with Gasteiger partial charge in [0.25, 0.3) is 5.91 Å². The number of hydrogen-bond donors (Lipinski definition) is 1. The lowest BCUT2D eigenvalue weighted by Crippen LogP contribution is -2.14. The van der Waals surface area contributed by atoms with Gasteiger partial charge in [0.1, 0.15) is 18.0 Å². The van der Waals surface area contributed by atoms with Crippen LogP contribution in [0.15, 0.2) is 67.0 Å². The van der Waals surface area contributed by atoms with Gasteiger partial charge in [-0.15, -0.1) is 0 Å². The minimum absolute atomic E-state index is 0.154. The fourth-order valence-corrected chi connectivity index (χ4v) is 3.50. The molecule has 0 radical (unpaired) electrons. The average molecular weight is 385 g/mol. The Morgan fingerprint density at radius 3 is 2.59 bits per heavy atom. The lowest BCUT2D eigenvalue weighted by molar-refractivity contribution is 0.102. The maximum atomic E-state index is 12.8. The summed E-state index contributed by atoms with van der Waals surface area (Å²) in [4.78, 5) is 17.3. The Morgan fingerprint density at radius 1 is 1.03 bits per heavy atom. The van der Waals surface area contributed by atoms with Crippen LogP contribution in [0.1, 0.15) is 32.7 Å². The predicted octanol–water partition coefficient (Wildman–Crippen LogP) is 5.09. The van der Waals surface area contributed by atoms with Gasteiger partial charge in [-0.2, -0.15) is 0 Å². The van der Waals surface area contributed by atoms with E-state index in [0.29, 0.717) is 17.9 Å². The number of benzene rings is 2. The summed E-state index contributed by atoms with van der Waals surface area (Å²) < 4.78 is 7.82. The van der Waals surface area contributed by atoms with Gasteiger partial charge in [-0.05, 0) is 62.2 Å². The van der Waals surface area contributed by atoms with Gasteiger partial charge < -0.3 is 14.5 Å². The summed E-state index contributed by atoms with van der Waals surface area (Å²) in [7, 11) is 0. The van der Waals surface area contributed by atoms with Gasteiger partial charge in [0.2, 0.25) is 0 Å². The Bertz CT molecular complexity index is 1140. The third-order valence-corrected chi connectivity index (χ3v) is 4.81. The minimum Gasteiger partial charge on any atom is -0.487 e. The van der Waals surface area contributed by atoms with Gasteiger partial charge in [0.15, 0.2) is 0 Å². The number of hydrogen-bond acceptors (Lipinski definition) is 3. The van der Waals surface area contributed by atoms with E-state index < -0.39 is 0 Å². The normalized spacial score (nSPS) is 10.9. The SMILES string of the molecule is Cc1cc(C)c(NC(=O)c2cccc(OCc3cn4ccccc4n3)c2)c(C)c1. The van der Waals surface area contributed by atoms with Crippen LogP contribution in [0.3, 0.4) is 0 Å². The van der Waals surface area contributed by atoms with Crippen LogP contribution in [-0.4, -0.2) is 15.3 Å². The van der Waals surface area contributed by atoms with Crippen LogP contribution in [0.4, 0.5) is 5.69 Å². The van der Waals surface area contributed by atoms with Gasteiger partial charge >= 0.3 is 0 Å². The van der Waals surface area contributed by atoms with Crippen molar-refractivity contribution >= 4 is 17.2 Å². The van der Waals surface area contributed by atoms with E-state index in [1.54, 1.807) is 12.1 Å². The summed E-state index contributed by atoms with van der Waals surface area (Å²) in [5.41, 5.74) is 6.40. The van der Waals surface area contributed by atoms with Gasteiger partial charge in [0, 0.05) is 23.6 Å². The Balaban J connectivity index is 1.47. The minimum atomic E-state index is -0.154. The molecule has 0 aliphatic heterocycles. The molecular formula is C24H23N3O2. The van der Waals surface area contributed by atoms with Gasteiger partial charge in [0.05, 0.1) is 5.69 Å². The molecule has 0 aliphatic rings. The van der Waals surface area contributed by atoms with Gasteiger partial charge in [-0.25, -0.2) is 4.98 Å². The van der Waals surface area contributed by atoms with Crippen LogP contribution in [0.25, 0.3) is 5.65 Å². The van der Waals surface area contributed by atoms with E-state index >= 15 is 0 Å². The molecule has 5 nitrogen and oxygen atoms in total. The van der Waals surface area contributed by atoms with E-state index in [2.05, 4.69) is 29.4 Å². The highest BCUT2D eigenvalue weighted by atomic mass is 16.5. The molecular weight excluding hydrogens is 362 g/mol. The van der Waals surface area contributed by atoms with Crippen LogP contribution in [0.5, 0.6) is 5.75 Å². The molecule has 0 atom stereocenters. The number of fused-ring (bicyclic) bond motifs is 1. The highest BCUT2D eigenvalue weighted by Gasteiger charge is 2.11. The molecule has 5 heteroatoms. The molecule has 2 heterocycles. The molecule has 2 aromatic carbocycles. The standard InChI is InChI=1S/C24H23N3O2/c1-16-11-17(2)23(18(3)12-16)26-24(28)19-7-6-8-21(13-19)29-15-20-14-27-10-5-4-9-22(27)25-20/h4-14H,15H2,1-3H3,(H,26,28). The molecule has 146 valence electrons. The third-order valence-electron chi connectivity index (χ3n) is 4.81. The van der Waals surface area contributed by atoms with Crippen molar-refractivity contribution in [3.63, 3.8) is 0 Å². The number of ether oxygens (including phenoxy) is 1. The first kappa shape index (κ1) is 18.7. The van der Waals surface area contributed by atoms with Crippen molar-refractivity contribution < 1.29 is 9.53 Å². The molecule has 2 aromatic heterocycles. The average Bonchev–Trinajstić information content (AvgIpc) is 3.12. The Morgan fingerprint density at radius 2 is 1.83 bits per heavy atom. The van der Waals surface area contributed by atoms with Crippen molar-refractivity contribution in [3.05, 3.63) is 94.9 Å². The van der Waals surface area contributed by atoms with E-state index in [9.17, 15) is 4.79 Å². The molecule has 0 bridgehead atoms. The maximum Gasteiger partial charge on any atom is 0.255 e. The molecule has 4 rings (SSSR count). The largest absolute Gasteiger partial charge is 0.487 e. The zero-order valence-electron chi connectivity index (χ0n) is 16.8. The third kappa shape index (κ3) is 4.14. The lowest BCUT2D eigenvalue weighted by atomic mass is 10.0. The van der Waals surface area contributed by atoms with Crippen molar-refractivity contribution in [2.45, 2.75) is 27.4 Å². The molecule has 0 unspecified atom stereocenters. The van der Waals surface area contributed by atoms with E-state index in [4.69, 9.17) is 4.74 Å². The molecule has 0 spiro atoms. The summed E-state index contributed by atoms with van der Waals surface area (Å²) in [5, 5.41) is 3.03. The zero-order chi connectivity index (χ0) is 20.4. The monoisotopic (exact) mass is 385 g/mol. The fraction of sp³-hybridized carbons (Fsp3) is 0.167. The second-order valence-corrected chi connectivity index (χ2v) is 7.24. The Hall–Kier alpha value is -3.60. The first-order valence-corrected chi connectivity index (χ1v) is 9.54. The summed E-state index contributed by atoms with van der Waals surface area (Å²) in [5.74, 6) is 0.477. The fourth-order valence-electron chi connectivity index (χ4n) is 3.50. The second kappa shape index (κ2) is 7.80. The number of amides is 1. The van der Waals surface area contributed by atoms with Crippen LogP contribution < -0.4 is 10.1 Å². The van der Waals surface area contributed by atoms with Crippen molar-refractivity contribution in [1.82, 2.24) is 9.38 Å². The number of imidazole rings is 1. The molecule has 4 aromatic rings. The number of anilines is 1. The molecule has 1 amide bonds. The topological polar surface area (TPSA) is 55.6 Å². The second-order valence-electron chi connectivity index (χ2n) is 7.24. The number of aryl methyl sites for hydroxylation is 3. The van der Waals surface area contributed by atoms with Crippen molar-refractivity contribution in [2.75, 3.05) is 5.32 Å². The number of carbonyl (C=O) groups is 1. The van der Waals surface area contributed by atoms with Crippen LogP contribution in [0, 0.1) is 20.8 Å². The zero-order valence-corrected chi connectivity index (χ0v) is 16.8. The number of carbonyl (C=O) groups excluding carboxylic acids is 1. The number of pyridine rings is 1. The quantitative estimate of drug-likeness (QED) is 0.520. The van der Waals surface area contributed by atoms with Gasteiger partial charge in [-0.3, -0.25) is 4.79 Å². The molecule has 1 N–H and O–H groups in total. The molecule has 0 fully saturated rings. The van der Waals surface area contributed by atoms with Crippen molar-refractivity contribution in [3.8, 4) is 5.75 Å². The summed E-state index contributed by atoms with van der Waals surface area (Å²) in [6.45, 7) is 6.40. The smallest absolute Gasteiger partial charge is 0.255 e. The van der Waals surface area contributed by atoms with E-state index in [1.165, 1.54) is 5.56 Å². The predicted molar refractivity (Wildman–Crippen MR) is 115 cm³/mol. The Labute approximate surface area is 170 Å². The lowest BCUT2D eigenvalue weighted by Gasteiger charge is -2.13. The highest BCUT2D eigenvalue weighted by molar-refractivity contribution is 6.05. The maximum absolute atomic E-state index is 12.8. The Kier molecular flexibility index (Phi) is 5.04. The number of nitrogens with zero attached hydrogens (tertiary/aromatic N) is 2. The van der Waals surface area contributed by atoms with E-state index in [0.717, 1.165) is 28.2 Å². The van der Waals surface area contributed by atoms with Crippen LogP contribution in [0.2, 0.25) is 0 Å². The number of nitrogens with one attached hydrogen (secondary N) is 1. The highest BCUT2D eigenvalue weighted by Crippen LogP contribution is 2.23. The molecule has 0 saturated heterocycles. The summed E-state index contributed by atoms with van der Waals surface area (Å²) in [6.07, 6.45) is 3.89. The first-order valence-electron chi connectivity index (χ1n) is 9.54. The van der Waals surface area contributed by atoms with Crippen molar-refractivity contribution in [1.29, 1.82) is 0 Å². The van der Waals surface area contributed by atoms with E-state index in [-0.39, 0.29) is 5.91 Å². The molecule has 29 heavy (non-hydrogen) atoms. The molecule has 0 aliphatic carbocycles. The van der Waals surface area contributed by atoms with Crippen LogP contribution in [-0.2, 0) is 6.61 Å². The van der Waals surface area contributed by atoms with Crippen molar-refractivity contribution in [2.24, 2.45) is 0 Å². The number of rotatable bonds is 5. The molecule has 0 saturated carbocycles. The van der Waals surface area contributed by atoms with E-state index in [1.807, 2.05) is 61.0 Å². The first-order chi connectivity index (χ1) is 14.0. The van der Waals surface area contributed by atoms with Crippen LogP contribution >= 0.6 is 0 Å². The van der Waals surface area contributed by atoms with Gasteiger partial charge in [-0.1, -0.05) is 29.8 Å². The summed E-state index contributed by atoms with van der Waals surface area (Å²) >= 11 is 0. The summed E-state index contributed by atoms with van der Waals surface area (Å²) in [6, 6.07) is 17.2. The number of aromatic nitrogens is 2.